The molecule has 0 aromatic heterocycles. The maximum atomic E-state index is 13.5. The first kappa shape index (κ1) is 22.3. The second-order valence-corrected chi connectivity index (χ2v) is 9.58. The van der Waals surface area contributed by atoms with E-state index in [0.717, 1.165) is 37.8 Å². The van der Waals surface area contributed by atoms with Crippen molar-refractivity contribution in [3.05, 3.63) is 65.7 Å². The second-order valence-electron chi connectivity index (χ2n) is 7.80. The number of hydrogen-bond donors (Lipinski definition) is 2. The van der Waals surface area contributed by atoms with Gasteiger partial charge in [0, 0.05) is 13.6 Å². The molecular weight excluding hydrogens is 402 g/mol. The van der Waals surface area contributed by atoms with Crippen LogP contribution in [-0.4, -0.2) is 62.2 Å². The van der Waals surface area contributed by atoms with Gasteiger partial charge in [-0.3, -0.25) is 4.79 Å². The largest absolute Gasteiger partial charge is 0.508 e. The van der Waals surface area contributed by atoms with Crippen LogP contribution in [0, 0.1) is 0 Å². The van der Waals surface area contributed by atoms with Crippen molar-refractivity contribution in [1.29, 1.82) is 0 Å². The predicted octanol–water partition coefficient (Wildman–Crippen LogP) is 2.28. The molecule has 7 nitrogen and oxygen atoms in total. The molecule has 1 heterocycles. The van der Waals surface area contributed by atoms with E-state index in [1.54, 1.807) is 54.4 Å². The van der Waals surface area contributed by atoms with E-state index in [0.29, 0.717) is 12.1 Å². The summed E-state index contributed by atoms with van der Waals surface area (Å²) in [5, 5.41) is 9.97. The molecule has 2 atom stereocenters. The molecule has 1 aliphatic rings. The highest BCUT2D eigenvalue weighted by Crippen LogP contribution is 2.28. The first-order valence-corrected chi connectivity index (χ1v) is 11.9. The molecule has 2 N–H and O–H groups in total. The van der Waals surface area contributed by atoms with Gasteiger partial charge in [0.05, 0.1) is 12.3 Å². The number of nitrogens with one attached hydrogen (secondary N) is 1. The van der Waals surface area contributed by atoms with Crippen LogP contribution in [0.2, 0.25) is 0 Å². The molecule has 0 spiro atoms. The summed E-state index contributed by atoms with van der Waals surface area (Å²) in [6, 6.07) is 14.4. The fourth-order valence-electron chi connectivity index (χ4n) is 3.87. The number of hydrogen-bond acceptors (Lipinski definition) is 5. The van der Waals surface area contributed by atoms with Crippen LogP contribution in [0.15, 0.2) is 54.6 Å². The molecule has 2 aromatic carbocycles. The third kappa shape index (κ3) is 5.81. The summed E-state index contributed by atoms with van der Waals surface area (Å²) < 4.78 is 26.4. The Balaban J connectivity index is 1.93. The Morgan fingerprint density at radius 2 is 1.73 bits per heavy atom. The van der Waals surface area contributed by atoms with E-state index in [9.17, 15) is 18.3 Å². The number of sulfonamides is 1. The Labute approximate surface area is 178 Å². The lowest BCUT2D eigenvalue weighted by Gasteiger charge is -2.34. The molecule has 30 heavy (non-hydrogen) atoms. The topological polar surface area (TPSA) is 90.0 Å². The Bertz CT molecular complexity index is 959. The zero-order valence-electron chi connectivity index (χ0n) is 17.4. The van der Waals surface area contributed by atoms with E-state index >= 15 is 0 Å². The number of amides is 1. The molecule has 0 saturated carbocycles. The molecule has 3 rings (SSSR count). The first-order valence-electron chi connectivity index (χ1n) is 10.0. The van der Waals surface area contributed by atoms with Crippen LogP contribution in [0.25, 0.3) is 0 Å². The summed E-state index contributed by atoms with van der Waals surface area (Å²) in [5.41, 5.74) is 1.39. The van der Waals surface area contributed by atoms with Crippen molar-refractivity contribution >= 4 is 15.9 Å². The summed E-state index contributed by atoms with van der Waals surface area (Å²) in [6.07, 6.45) is 3.28. The number of phenolic OH excluding ortho intramolecular Hbond substituents is 1. The van der Waals surface area contributed by atoms with E-state index in [4.69, 9.17) is 0 Å². The number of likely N-dealkylation sites (tertiary alicyclic amines) is 1. The number of likely N-dealkylation sites (N-methyl/N-ethyl adjacent to an activating group) is 1. The highest BCUT2D eigenvalue weighted by atomic mass is 32.2. The Morgan fingerprint density at radius 3 is 2.33 bits per heavy atom. The SMILES string of the molecule is CN(C(=O)C(NS(C)(=O)=O)c1ccccc1)C(CN1CCCC1)c1cccc(O)c1. The van der Waals surface area contributed by atoms with Gasteiger partial charge >= 0.3 is 0 Å². The van der Waals surface area contributed by atoms with Crippen LogP contribution in [-0.2, 0) is 14.8 Å². The van der Waals surface area contributed by atoms with E-state index in [1.165, 1.54) is 0 Å². The third-order valence-corrected chi connectivity index (χ3v) is 6.08. The normalized spacial score (nSPS) is 16.9. The van der Waals surface area contributed by atoms with E-state index < -0.39 is 16.1 Å². The van der Waals surface area contributed by atoms with Crippen molar-refractivity contribution < 1.29 is 18.3 Å². The van der Waals surface area contributed by atoms with Crippen molar-refractivity contribution in [2.24, 2.45) is 0 Å². The molecule has 2 unspecified atom stereocenters. The zero-order chi connectivity index (χ0) is 21.7. The number of aromatic hydroxyl groups is 1. The van der Waals surface area contributed by atoms with E-state index in [-0.39, 0.29) is 17.7 Å². The number of carbonyl (C=O) groups excluding carboxylic acids is 1. The third-order valence-electron chi connectivity index (χ3n) is 5.41. The average molecular weight is 432 g/mol. The smallest absolute Gasteiger partial charge is 0.245 e. The standard InChI is InChI=1S/C22H29N3O4S/c1-24(22(27)21(23-30(2,28)29)17-9-4-3-5-10-17)20(16-25-13-6-7-14-25)18-11-8-12-19(26)15-18/h3-5,8-12,15,20-21,23,26H,6-7,13-14,16H2,1-2H3. The van der Waals surface area contributed by atoms with Gasteiger partial charge in [0.25, 0.3) is 0 Å². The molecule has 0 aliphatic carbocycles. The molecule has 8 heteroatoms. The first-order chi connectivity index (χ1) is 14.2. The van der Waals surface area contributed by atoms with Gasteiger partial charge in [-0.25, -0.2) is 8.42 Å². The van der Waals surface area contributed by atoms with Crippen LogP contribution in [0.1, 0.15) is 36.1 Å². The highest BCUT2D eigenvalue weighted by Gasteiger charge is 2.32. The minimum absolute atomic E-state index is 0.133. The summed E-state index contributed by atoms with van der Waals surface area (Å²) in [6.45, 7) is 2.54. The van der Waals surface area contributed by atoms with Crippen molar-refractivity contribution in [2.45, 2.75) is 24.9 Å². The molecule has 1 saturated heterocycles. The zero-order valence-corrected chi connectivity index (χ0v) is 18.2. The summed E-state index contributed by atoms with van der Waals surface area (Å²) in [4.78, 5) is 17.4. The quantitative estimate of drug-likeness (QED) is 0.669. The Morgan fingerprint density at radius 1 is 1.10 bits per heavy atom. The van der Waals surface area contributed by atoms with Crippen molar-refractivity contribution in [3.8, 4) is 5.75 Å². The molecule has 1 fully saturated rings. The van der Waals surface area contributed by atoms with Gasteiger partial charge in [-0.2, -0.15) is 4.72 Å². The van der Waals surface area contributed by atoms with Crippen LogP contribution < -0.4 is 4.72 Å². The fourth-order valence-corrected chi connectivity index (χ4v) is 4.54. The van der Waals surface area contributed by atoms with Gasteiger partial charge in [0.15, 0.2) is 0 Å². The number of benzene rings is 2. The van der Waals surface area contributed by atoms with Gasteiger partial charge in [0.2, 0.25) is 15.9 Å². The number of rotatable bonds is 8. The molecule has 1 amide bonds. The maximum absolute atomic E-state index is 13.5. The monoisotopic (exact) mass is 431 g/mol. The van der Waals surface area contributed by atoms with E-state index in [2.05, 4.69) is 9.62 Å². The van der Waals surface area contributed by atoms with Crippen LogP contribution in [0.3, 0.4) is 0 Å². The lowest BCUT2D eigenvalue weighted by atomic mass is 10.0. The molecule has 1 aliphatic heterocycles. The number of carbonyl (C=O) groups is 1. The van der Waals surface area contributed by atoms with Gasteiger partial charge in [-0.15, -0.1) is 0 Å². The number of nitrogens with zero attached hydrogens (tertiary/aromatic N) is 2. The summed E-state index contributed by atoms with van der Waals surface area (Å²) in [7, 11) is -1.93. The maximum Gasteiger partial charge on any atom is 0.245 e. The van der Waals surface area contributed by atoms with Crippen molar-refractivity contribution in [2.75, 3.05) is 32.9 Å². The van der Waals surface area contributed by atoms with Gasteiger partial charge in [0.1, 0.15) is 11.8 Å². The van der Waals surface area contributed by atoms with Gasteiger partial charge in [-0.1, -0.05) is 42.5 Å². The predicted molar refractivity (Wildman–Crippen MR) is 116 cm³/mol. The van der Waals surface area contributed by atoms with Crippen molar-refractivity contribution in [1.82, 2.24) is 14.5 Å². The van der Waals surface area contributed by atoms with Crippen LogP contribution in [0.4, 0.5) is 0 Å². The summed E-state index contributed by atoms with van der Waals surface area (Å²) >= 11 is 0. The summed E-state index contributed by atoms with van der Waals surface area (Å²) in [5.74, 6) is -0.215. The molecule has 0 radical (unpaired) electrons. The lowest BCUT2D eigenvalue weighted by Crippen LogP contribution is -2.45. The average Bonchev–Trinajstić information content (AvgIpc) is 3.22. The van der Waals surface area contributed by atoms with Crippen LogP contribution >= 0.6 is 0 Å². The van der Waals surface area contributed by atoms with Crippen molar-refractivity contribution in [3.63, 3.8) is 0 Å². The number of phenols is 1. The Hall–Kier alpha value is -2.42. The fraction of sp³-hybridized carbons (Fsp3) is 0.409. The minimum Gasteiger partial charge on any atom is -0.508 e. The molecular formula is C22H29N3O4S. The Kier molecular flexibility index (Phi) is 7.12. The lowest BCUT2D eigenvalue weighted by molar-refractivity contribution is -0.134. The van der Waals surface area contributed by atoms with Gasteiger partial charge < -0.3 is 14.9 Å². The molecule has 2 aromatic rings. The van der Waals surface area contributed by atoms with E-state index in [1.807, 2.05) is 12.1 Å². The molecule has 0 bridgehead atoms. The van der Waals surface area contributed by atoms with Crippen LogP contribution in [0.5, 0.6) is 5.75 Å². The second kappa shape index (κ2) is 9.59. The van der Waals surface area contributed by atoms with Gasteiger partial charge in [-0.05, 0) is 49.2 Å². The molecule has 162 valence electrons. The highest BCUT2D eigenvalue weighted by molar-refractivity contribution is 7.88. The minimum atomic E-state index is -3.62.